The molecule has 0 saturated carbocycles. The molecule has 10 heteroatoms. The van der Waals surface area contributed by atoms with Gasteiger partial charge >= 0.3 is 0 Å². The van der Waals surface area contributed by atoms with Crippen LogP contribution in [0.5, 0.6) is 5.75 Å². The van der Waals surface area contributed by atoms with Gasteiger partial charge in [-0.2, -0.15) is 5.10 Å². The number of rotatable bonds is 8. The number of benzene rings is 2. The van der Waals surface area contributed by atoms with Crippen LogP contribution in [0, 0.1) is 0 Å². The summed E-state index contributed by atoms with van der Waals surface area (Å²) in [6.45, 7) is 3.53. The van der Waals surface area contributed by atoms with Crippen molar-refractivity contribution < 1.29 is 9.53 Å². The van der Waals surface area contributed by atoms with Crippen LogP contribution < -0.4 is 19.9 Å². The number of amides is 1. The highest BCUT2D eigenvalue weighted by atomic mass is 16.5. The van der Waals surface area contributed by atoms with Gasteiger partial charge < -0.3 is 19.9 Å². The zero-order chi connectivity index (χ0) is 27.3. The Hall–Kier alpha value is -4.99. The Kier molecular flexibility index (Phi) is 7.21. The van der Waals surface area contributed by atoms with Crippen LogP contribution >= 0.6 is 0 Å². The number of methoxy groups -OCH3 is 1. The van der Waals surface area contributed by atoms with Gasteiger partial charge in [0.05, 0.1) is 30.1 Å². The molecule has 1 aliphatic rings. The zero-order valence-electron chi connectivity index (χ0n) is 22.3. The second kappa shape index (κ2) is 11.4. The second-order valence-electron chi connectivity index (χ2n) is 9.51. The first-order valence-corrected chi connectivity index (χ1v) is 13.3. The van der Waals surface area contributed by atoms with Gasteiger partial charge in [0, 0.05) is 56.6 Å². The molecular weight excluding hydrogens is 504 g/mol. The molecule has 5 aromatic rings. The van der Waals surface area contributed by atoms with E-state index in [9.17, 15) is 4.79 Å². The number of pyridine rings is 1. The Balaban J connectivity index is 1.15. The van der Waals surface area contributed by atoms with E-state index >= 15 is 0 Å². The molecule has 0 unspecified atom stereocenters. The lowest BCUT2D eigenvalue weighted by Crippen LogP contribution is -2.47. The topological polar surface area (TPSA) is 101 Å². The van der Waals surface area contributed by atoms with Crippen LogP contribution in [0.2, 0.25) is 0 Å². The molecule has 6 rings (SSSR count). The van der Waals surface area contributed by atoms with E-state index in [1.165, 1.54) is 0 Å². The Bertz CT molecular complexity index is 1600. The number of aromatic nitrogens is 5. The second-order valence-corrected chi connectivity index (χ2v) is 9.51. The van der Waals surface area contributed by atoms with Gasteiger partial charge in [0.1, 0.15) is 17.9 Å². The fraction of sp³-hybridized carbons (Fsp3) is 0.233. The van der Waals surface area contributed by atoms with Crippen LogP contribution in [0.15, 0.2) is 85.5 Å². The Morgan fingerprint density at radius 3 is 2.50 bits per heavy atom. The molecule has 0 radical (unpaired) electrons. The van der Waals surface area contributed by atoms with Crippen LogP contribution in [0.1, 0.15) is 16.1 Å². The molecular formula is C30H30N8O2. The van der Waals surface area contributed by atoms with Gasteiger partial charge in [-0.3, -0.25) is 9.78 Å². The fourth-order valence-electron chi connectivity index (χ4n) is 5.03. The molecule has 1 N–H and O–H groups in total. The summed E-state index contributed by atoms with van der Waals surface area (Å²) in [6.07, 6.45) is 5.88. The number of fused-ring (bicyclic) bond motifs is 1. The Morgan fingerprint density at radius 1 is 0.925 bits per heavy atom. The van der Waals surface area contributed by atoms with Crippen molar-refractivity contribution in [1.82, 2.24) is 30.0 Å². The maximum absolute atomic E-state index is 12.9. The summed E-state index contributed by atoms with van der Waals surface area (Å²) in [4.78, 5) is 30.9. The lowest BCUT2D eigenvalue weighted by atomic mass is 10.1. The Morgan fingerprint density at radius 2 is 1.73 bits per heavy atom. The van der Waals surface area contributed by atoms with Crippen molar-refractivity contribution in [3.63, 3.8) is 0 Å². The summed E-state index contributed by atoms with van der Waals surface area (Å²) in [5, 5.41) is 8.51. The maximum Gasteiger partial charge on any atom is 0.251 e. The summed E-state index contributed by atoms with van der Waals surface area (Å²) in [5.74, 6) is 1.50. The van der Waals surface area contributed by atoms with Gasteiger partial charge in [-0.1, -0.05) is 24.3 Å². The monoisotopic (exact) mass is 534 g/mol. The summed E-state index contributed by atoms with van der Waals surface area (Å²) < 4.78 is 7.50. The zero-order valence-corrected chi connectivity index (χ0v) is 22.3. The van der Waals surface area contributed by atoms with E-state index in [-0.39, 0.29) is 5.91 Å². The lowest BCUT2D eigenvalue weighted by Gasteiger charge is -2.37. The largest absolute Gasteiger partial charge is 0.495 e. The van der Waals surface area contributed by atoms with Gasteiger partial charge in [0.25, 0.3) is 5.91 Å². The number of anilines is 2. The van der Waals surface area contributed by atoms with Gasteiger partial charge in [-0.25, -0.2) is 14.6 Å². The number of hydrogen-bond acceptors (Lipinski definition) is 8. The standard InChI is InChI=1S/C30H30N8O2/c1-40-27-11-10-22(30(39)32-14-12-23-7-5-6-13-31-23)19-26(27)36-15-17-37(18-16-36)28-25-20-35-38(29(25)34-21-33-28)24-8-3-2-4-9-24/h2-11,13,19-21H,12,14-18H2,1H3,(H,32,39). The van der Waals surface area contributed by atoms with Crippen molar-refractivity contribution in [3.8, 4) is 11.4 Å². The highest BCUT2D eigenvalue weighted by Crippen LogP contribution is 2.32. The van der Waals surface area contributed by atoms with E-state index in [0.29, 0.717) is 18.5 Å². The summed E-state index contributed by atoms with van der Waals surface area (Å²) in [6, 6.07) is 21.3. The Labute approximate surface area is 232 Å². The smallest absolute Gasteiger partial charge is 0.251 e. The van der Waals surface area contributed by atoms with E-state index < -0.39 is 0 Å². The molecule has 10 nitrogen and oxygen atoms in total. The van der Waals surface area contributed by atoms with E-state index in [1.807, 2.05) is 71.5 Å². The quantitative estimate of drug-likeness (QED) is 0.323. The van der Waals surface area contributed by atoms with Gasteiger partial charge in [-0.15, -0.1) is 0 Å². The van der Waals surface area contributed by atoms with Crippen molar-refractivity contribution in [2.45, 2.75) is 6.42 Å². The molecule has 0 bridgehead atoms. The molecule has 2 aromatic carbocycles. The van der Waals surface area contributed by atoms with E-state index in [4.69, 9.17) is 4.74 Å². The molecule has 202 valence electrons. The number of ether oxygens (including phenoxy) is 1. The van der Waals surface area contributed by atoms with Crippen LogP contribution in [0.4, 0.5) is 11.5 Å². The van der Waals surface area contributed by atoms with Crippen LogP contribution in [-0.2, 0) is 6.42 Å². The minimum atomic E-state index is -0.114. The van der Waals surface area contributed by atoms with Crippen molar-refractivity contribution >= 4 is 28.4 Å². The maximum atomic E-state index is 12.9. The third kappa shape index (κ3) is 5.15. The van der Waals surface area contributed by atoms with E-state index in [1.54, 1.807) is 25.7 Å². The highest BCUT2D eigenvalue weighted by molar-refractivity contribution is 5.95. The first-order chi connectivity index (χ1) is 19.7. The summed E-state index contributed by atoms with van der Waals surface area (Å²) >= 11 is 0. The first-order valence-electron chi connectivity index (χ1n) is 13.3. The average Bonchev–Trinajstić information content (AvgIpc) is 3.46. The van der Waals surface area contributed by atoms with Crippen LogP contribution in [0.3, 0.4) is 0 Å². The molecule has 0 spiro atoms. The molecule has 1 fully saturated rings. The minimum absolute atomic E-state index is 0.114. The lowest BCUT2D eigenvalue weighted by molar-refractivity contribution is 0.0954. The molecule has 1 saturated heterocycles. The van der Waals surface area contributed by atoms with E-state index in [0.717, 1.165) is 65.8 Å². The fourth-order valence-corrected chi connectivity index (χ4v) is 5.03. The van der Waals surface area contributed by atoms with Gasteiger partial charge in [0.15, 0.2) is 5.65 Å². The molecule has 3 aromatic heterocycles. The molecule has 4 heterocycles. The van der Waals surface area contributed by atoms with Crippen LogP contribution in [-0.4, -0.2) is 70.5 Å². The van der Waals surface area contributed by atoms with Crippen molar-refractivity contribution in [3.05, 3.63) is 96.7 Å². The van der Waals surface area contributed by atoms with Gasteiger partial charge in [0.2, 0.25) is 0 Å². The van der Waals surface area contributed by atoms with Crippen molar-refractivity contribution in [1.29, 1.82) is 0 Å². The molecule has 1 aliphatic heterocycles. The van der Waals surface area contributed by atoms with Crippen molar-refractivity contribution in [2.24, 2.45) is 0 Å². The normalized spacial score (nSPS) is 13.4. The highest BCUT2D eigenvalue weighted by Gasteiger charge is 2.24. The number of hydrogen-bond donors (Lipinski definition) is 1. The number of carbonyl (C=O) groups is 1. The minimum Gasteiger partial charge on any atom is -0.495 e. The number of nitrogens with one attached hydrogen (secondary N) is 1. The number of carbonyl (C=O) groups excluding carboxylic acids is 1. The molecule has 40 heavy (non-hydrogen) atoms. The third-order valence-electron chi connectivity index (χ3n) is 7.10. The van der Waals surface area contributed by atoms with Crippen LogP contribution in [0.25, 0.3) is 16.7 Å². The summed E-state index contributed by atoms with van der Waals surface area (Å²) in [7, 11) is 1.66. The third-order valence-corrected chi connectivity index (χ3v) is 7.10. The SMILES string of the molecule is COc1ccc(C(=O)NCCc2ccccn2)cc1N1CCN(c2ncnc3c2cnn3-c2ccccc2)CC1. The first kappa shape index (κ1) is 25.3. The molecule has 1 amide bonds. The van der Waals surface area contributed by atoms with E-state index in [2.05, 4.69) is 35.2 Å². The van der Waals surface area contributed by atoms with Gasteiger partial charge in [-0.05, 0) is 42.5 Å². The van der Waals surface area contributed by atoms with Crippen molar-refractivity contribution in [2.75, 3.05) is 49.6 Å². The number of piperazine rings is 1. The summed E-state index contributed by atoms with van der Waals surface area (Å²) in [5.41, 5.74) is 4.19. The average molecular weight is 535 g/mol. The predicted molar refractivity (Wildman–Crippen MR) is 154 cm³/mol. The predicted octanol–water partition coefficient (Wildman–Crippen LogP) is 3.52. The number of para-hydroxylation sites is 1. The molecule has 0 atom stereocenters. The molecule has 0 aliphatic carbocycles. The number of nitrogens with zero attached hydrogens (tertiary/aromatic N) is 7.